The number of hydrogen-bond acceptors (Lipinski definition) is 4. The Bertz CT molecular complexity index is 658. The smallest absolute Gasteiger partial charge is 0.312 e. The third-order valence-corrected chi connectivity index (χ3v) is 6.81. The van der Waals surface area contributed by atoms with E-state index >= 15 is 0 Å². The maximum Gasteiger partial charge on any atom is 0.312 e. The number of carbonyl (C=O) groups is 1. The first-order valence-corrected chi connectivity index (χ1v) is 9.15. The normalized spacial score (nSPS) is 26.3. The summed E-state index contributed by atoms with van der Waals surface area (Å²) < 4.78 is 25.7. The Balaban J connectivity index is 2.26. The molecule has 1 aliphatic heterocycles. The molecule has 0 aliphatic carbocycles. The van der Waals surface area contributed by atoms with Gasteiger partial charge in [0.1, 0.15) is 5.41 Å². The lowest BCUT2D eigenvalue weighted by Crippen LogP contribution is -2.57. The van der Waals surface area contributed by atoms with Gasteiger partial charge in [0.05, 0.1) is 11.4 Å². The fourth-order valence-electron chi connectivity index (χ4n) is 2.97. The van der Waals surface area contributed by atoms with Gasteiger partial charge < -0.3 is 10.2 Å². The summed E-state index contributed by atoms with van der Waals surface area (Å²) in [4.78, 5) is 11.9. The van der Waals surface area contributed by atoms with Crippen LogP contribution >= 0.6 is 0 Å². The molecule has 23 heavy (non-hydrogen) atoms. The first kappa shape index (κ1) is 17.9. The van der Waals surface area contributed by atoms with E-state index in [2.05, 4.69) is 0 Å². The van der Waals surface area contributed by atoms with Gasteiger partial charge in [-0.15, -0.1) is 0 Å². The predicted octanol–water partition coefficient (Wildman–Crippen LogP) is 1.10. The van der Waals surface area contributed by atoms with Gasteiger partial charge in [0.2, 0.25) is 10.0 Å². The molecule has 1 aromatic rings. The predicted molar refractivity (Wildman–Crippen MR) is 86.5 cm³/mol. The van der Waals surface area contributed by atoms with Crippen molar-refractivity contribution in [1.29, 1.82) is 0 Å². The van der Waals surface area contributed by atoms with Crippen molar-refractivity contribution in [1.82, 2.24) is 4.31 Å². The van der Waals surface area contributed by atoms with Crippen molar-refractivity contribution in [2.75, 3.05) is 13.1 Å². The van der Waals surface area contributed by atoms with Gasteiger partial charge in [-0.05, 0) is 32.3 Å². The van der Waals surface area contributed by atoms with E-state index in [-0.39, 0.29) is 25.9 Å². The number of aliphatic carboxylic acids is 1. The van der Waals surface area contributed by atoms with Crippen LogP contribution in [0.5, 0.6) is 0 Å². The summed E-state index contributed by atoms with van der Waals surface area (Å²) >= 11 is 0. The van der Waals surface area contributed by atoms with E-state index in [1.807, 2.05) is 30.3 Å². The van der Waals surface area contributed by atoms with E-state index in [9.17, 15) is 23.4 Å². The third kappa shape index (κ3) is 3.41. The number of nitrogens with zero attached hydrogens (tertiary/aromatic N) is 1. The lowest BCUT2D eigenvalue weighted by Gasteiger charge is -2.42. The molecule has 1 saturated heterocycles. The fraction of sp³-hybridized carbons (Fsp3) is 0.562. The summed E-state index contributed by atoms with van der Waals surface area (Å²) in [5, 5.41) is 19.6. The second-order valence-electron chi connectivity index (χ2n) is 6.34. The van der Waals surface area contributed by atoms with Crippen LogP contribution in [0.1, 0.15) is 25.8 Å². The standard InChI is InChI=1S/C16H23NO5S/c1-12(2)23(21,22)17-9-8-16(15(19)20,14(18)11-17)10-13-6-4-3-5-7-13/h3-7,12,14,18H,8-11H2,1-2H3,(H,19,20)/t14-,16+/m0/s1. The van der Waals surface area contributed by atoms with E-state index in [4.69, 9.17) is 0 Å². The molecule has 0 amide bonds. The van der Waals surface area contributed by atoms with Gasteiger partial charge in [0, 0.05) is 13.1 Å². The molecule has 2 rings (SSSR count). The number of aliphatic hydroxyl groups excluding tert-OH is 1. The van der Waals surface area contributed by atoms with Crippen LogP contribution in [0.4, 0.5) is 0 Å². The molecule has 6 nitrogen and oxygen atoms in total. The minimum Gasteiger partial charge on any atom is -0.481 e. The average molecular weight is 341 g/mol. The molecular weight excluding hydrogens is 318 g/mol. The highest BCUT2D eigenvalue weighted by Gasteiger charge is 2.50. The first-order chi connectivity index (χ1) is 10.7. The fourth-order valence-corrected chi connectivity index (χ4v) is 4.26. The van der Waals surface area contributed by atoms with E-state index in [1.54, 1.807) is 13.8 Å². The number of carboxylic acids is 1. The number of piperidine rings is 1. The Labute approximate surface area is 136 Å². The Morgan fingerprint density at radius 1 is 1.35 bits per heavy atom. The number of sulfonamides is 1. The van der Waals surface area contributed by atoms with Gasteiger partial charge in [0.25, 0.3) is 0 Å². The summed E-state index contributed by atoms with van der Waals surface area (Å²) in [5.74, 6) is -1.09. The first-order valence-electron chi connectivity index (χ1n) is 7.64. The molecular formula is C16H23NO5S. The van der Waals surface area contributed by atoms with E-state index < -0.39 is 32.8 Å². The van der Waals surface area contributed by atoms with Gasteiger partial charge in [-0.1, -0.05) is 30.3 Å². The summed E-state index contributed by atoms with van der Waals surface area (Å²) in [6.07, 6.45) is -0.980. The van der Waals surface area contributed by atoms with Gasteiger partial charge >= 0.3 is 5.97 Å². The van der Waals surface area contributed by atoms with Crippen molar-refractivity contribution in [3.63, 3.8) is 0 Å². The Kier molecular flexibility index (Phi) is 5.13. The molecule has 0 unspecified atom stereocenters. The number of benzene rings is 1. The van der Waals surface area contributed by atoms with Gasteiger partial charge in [-0.25, -0.2) is 8.42 Å². The Hall–Kier alpha value is -1.44. The van der Waals surface area contributed by atoms with Crippen LogP contribution in [0.2, 0.25) is 0 Å². The van der Waals surface area contributed by atoms with Crippen molar-refractivity contribution >= 4 is 16.0 Å². The number of carboxylic acid groups (broad SMARTS) is 1. The second kappa shape index (κ2) is 6.59. The maximum absolute atomic E-state index is 12.2. The Morgan fingerprint density at radius 2 is 1.96 bits per heavy atom. The number of rotatable bonds is 5. The highest BCUT2D eigenvalue weighted by Crippen LogP contribution is 2.37. The Morgan fingerprint density at radius 3 is 2.43 bits per heavy atom. The molecule has 7 heteroatoms. The van der Waals surface area contributed by atoms with Crippen LogP contribution in [0, 0.1) is 5.41 Å². The number of aliphatic hydroxyl groups is 1. The molecule has 0 radical (unpaired) electrons. The third-order valence-electron chi connectivity index (χ3n) is 4.57. The summed E-state index contributed by atoms with van der Waals surface area (Å²) in [6.45, 7) is 3.08. The molecule has 0 bridgehead atoms. The van der Waals surface area contributed by atoms with Crippen molar-refractivity contribution in [2.45, 2.75) is 38.0 Å². The number of hydrogen-bond donors (Lipinski definition) is 2. The van der Waals surface area contributed by atoms with Crippen LogP contribution in [0.3, 0.4) is 0 Å². The summed E-state index contributed by atoms with van der Waals surface area (Å²) in [6, 6.07) is 9.10. The molecule has 0 aromatic heterocycles. The van der Waals surface area contributed by atoms with E-state index in [0.717, 1.165) is 5.56 Å². The molecule has 1 aliphatic rings. The molecule has 1 heterocycles. The minimum absolute atomic E-state index is 0.0876. The zero-order valence-electron chi connectivity index (χ0n) is 13.3. The summed E-state index contributed by atoms with van der Waals surface area (Å²) in [5.41, 5.74) is -0.543. The molecule has 0 saturated carbocycles. The van der Waals surface area contributed by atoms with Crippen LogP contribution in [0.25, 0.3) is 0 Å². The highest BCUT2D eigenvalue weighted by molar-refractivity contribution is 7.89. The van der Waals surface area contributed by atoms with Crippen molar-refractivity contribution < 1.29 is 23.4 Å². The van der Waals surface area contributed by atoms with Crippen LogP contribution in [-0.4, -0.2) is 53.3 Å². The zero-order valence-corrected chi connectivity index (χ0v) is 14.2. The molecule has 2 N–H and O–H groups in total. The largest absolute Gasteiger partial charge is 0.481 e. The zero-order chi connectivity index (χ0) is 17.3. The SMILES string of the molecule is CC(C)S(=O)(=O)N1CC[C@](Cc2ccccc2)(C(=O)O)[C@@H](O)C1. The van der Waals surface area contributed by atoms with Gasteiger partial charge in [-0.2, -0.15) is 4.31 Å². The van der Waals surface area contributed by atoms with Crippen molar-refractivity contribution in [3.8, 4) is 0 Å². The molecule has 1 aromatic carbocycles. The topological polar surface area (TPSA) is 94.9 Å². The average Bonchev–Trinajstić information content (AvgIpc) is 2.49. The summed E-state index contributed by atoms with van der Waals surface area (Å²) in [7, 11) is -3.50. The van der Waals surface area contributed by atoms with Crippen LogP contribution in [-0.2, 0) is 21.2 Å². The monoisotopic (exact) mass is 341 g/mol. The van der Waals surface area contributed by atoms with Crippen molar-refractivity contribution in [2.24, 2.45) is 5.41 Å². The molecule has 128 valence electrons. The quantitative estimate of drug-likeness (QED) is 0.836. The van der Waals surface area contributed by atoms with E-state index in [0.29, 0.717) is 0 Å². The lowest BCUT2D eigenvalue weighted by molar-refractivity contribution is -0.161. The molecule has 2 atom stereocenters. The van der Waals surface area contributed by atoms with Crippen LogP contribution in [0.15, 0.2) is 30.3 Å². The van der Waals surface area contributed by atoms with Gasteiger partial charge in [-0.3, -0.25) is 4.79 Å². The maximum atomic E-state index is 12.2. The second-order valence-corrected chi connectivity index (χ2v) is 8.83. The number of β-amino-alcohol motifs (C(OH)–C–C–N with tert-alkyl or cyclic N) is 1. The van der Waals surface area contributed by atoms with Gasteiger partial charge in [0.15, 0.2) is 0 Å². The van der Waals surface area contributed by atoms with Crippen molar-refractivity contribution in [3.05, 3.63) is 35.9 Å². The molecule has 1 fully saturated rings. The van der Waals surface area contributed by atoms with E-state index in [1.165, 1.54) is 4.31 Å². The lowest BCUT2D eigenvalue weighted by atomic mass is 9.72. The minimum atomic E-state index is -3.50. The highest BCUT2D eigenvalue weighted by atomic mass is 32.2. The van der Waals surface area contributed by atoms with Crippen LogP contribution < -0.4 is 0 Å². The molecule has 0 spiro atoms.